The molecular formula is C44H28O4. The first-order valence-electron chi connectivity index (χ1n) is 15.9. The molecule has 8 rings (SSSR count). The topological polar surface area (TPSA) is 68.3 Å². The van der Waals surface area contributed by atoms with Gasteiger partial charge in [-0.3, -0.25) is 19.2 Å². The first-order chi connectivity index (χ1) is 23.6. The number of carbonyl (C=O) groups excluding carboxylic acids is 4. The predicted octanol–water partition coefficient (Wildman–Crippen LogP) is 9.59. The third kappa shape index (κ3) is 4.78. The van der Waals surface area contributed by atoms with Crippen molar-refractivity contribution in [3.05, 3.63) is 177 Å². The average Bonchev–Trinajstić information content (AvgIpc) is 3.16. The van der Waals surface area contributed by atoms with Crippen molar-refractivity contribution in [2.45, 2.75) is 12.3 Å². The zero-order chi connectivity index (χ0) is 32.8. The van der Waals surface area contributed by atoms with E-state index < -0.39 is 0 Å². The molecule has 0 aliphatic heterocycles. The molecule has 228 valence electrons. The Kier molecular flexibility index (Phi) is 7.19. The molecule has 0 spiro atoms. The summed E-state index contributed by atoms with van der Waals surface area (Å²) in [5.74, 6) is -0.0662. The van der Waals surface area contributed by atoms with Crippen molar-refractivity contribution in [3.8, 4) is 22.3 Å². The van der Waals surface area contributed by atoms with Crippen LogP contribution in [0.1, 0.15) is 75.2 Å². The summed E-state index contributed by atoms with van der Waals surface area (Å²) in [6.45, 7) is 0. The fourth-order valence-corrected chi connectivity index (χ4v) is 7.29. The van der Waals surface area contributed by atoms with Gasteiger partial charge in [-0.15, -0.1) is 0 Å². The summed E-state index contributed by atoms with van der Waals surface area (Å²) in [5, 5.41) is 2.30. The van der Waals surface area contributed by atoms with Gasteiger partial charge in [0, 0.05) is 28.2 Å². The van der Waals surface area contributed by atoms with Crippen LogP contribution in [0, 0.1) is 0 Å². The highest BCUT2D eigenvalue weighted by molar-refractivity contribution is 6.13. The molecule has 2 aliphatic carbocycles. The van der Waals surface area contributed by atoms with Crippen LogP contribution in [0.4, 0.5) is 0 Å². The average molecular weight is 621 g/mol. The quantitative estimate of drug-likeness (QED) is 0.159. The van der Waals surface area contributed by atoms with E-state index in [-0.39, 0.29) is 5.92 Å². The maximum atomic E-state index is 11.5. The SMILES string of the molecule is O=Cc1ccc(C2=CC(c3ccc(C=O)cc3)C3=CCc4c(-c5ccc(C=O)cc5)cc(-c5ccc(C=O)cc5)c5ccc2c3c45)cc1. The van der Waals surface area contributed by atoms with E-state index in [0.29, 0.717) is 22.3 Å². The van der Waals surface area contributed by atoms with E-state index in [9.17, 15) is 19.2 Å². The van der Waals surface area contributed by atoms with Crippen molar-refractivity contribution in [1.29, 1.82) is 0 Å². The normalized spacial score (nSPS) is 14.5. The number of allylic oxidation sites excluding steroid dienone is 3. The van der Waals surface area contributed by atoms with Crippen molar-refractivity contribution in [2.24, 2.45) is 0 Å². The van der Waals surface area contributed by atoms with E-state index >= 15 is 0 Å². The second-order valence-electron chi connectivity index (χ2n) is 12.3. The van der Waals surface area contributed by atoms with Gasteiger partial charge < -0.3 is 0 Å². The molecule has 1 unspecified atom stereocenters. The van der Waals surface area contributed by atoms with Gasteiger partial charge in [-0.25, -0.2) is 0 Å². The van der Waals surface area contributed by atoms with E-state index in [0.717, 1.165) is 81.5 Å². The van der Waals surface area contributed by atoms with Gasteiger partial charge in [-0.1, -0.05) is 121 Å². The van der Waals surface area contributed by atoms with Crippen LogP contribution < -0.4 is 0 Å². The summed E-state index contributed by atoms with van der Waals surface area (Å²) in [5.41, 5.74) is 14.6. The van der Waals surface area contributed by atoms with E-state index in [1.807, 2.05) is 97.1 Å². The van der Waals surface area contributed by atoms with Crippen molar-refractivity contribution in [2.75, 3.05) is 0 Å². The van der Waals surface area contributed by atoms with Gasteiger partial charge >= 0.3 is 0 Å². The van der Waals surface area contributed by atoms with Crippen LogP contribution >= 0.6 is 0 Å². The van der Waals surface area contributed by atoms with Crippen LogP contribution in [0.5, 0.6) is 0 Å². The first-order valence-corrected chi connectivity index (χ1v) is 15.9. The van der Waals surface area contributed by atoms with Gasteiger partial charge in [0.2, 0.25) is 0 Å². The van der Waals surface area contributed by atoms with Crippen molar-refractivity contribution < 1.29 is 19.2 Å². The highest BCUT2D eigenvalue weighted by Crippen LogP contribution is 2.53. The fourth-order valence-electron chi connectivity index (χ4n) is 7.29. The lowest BCUT2D eigenvalue weighted by atomic mass is 9.70. The molecule has 4 heteroatoms. The number of hydrogen-bond acceptors (Lipinski definition) is 4. The minimum absolute atomic E-state index is 0.0662. The molecule has 0 radical (unpaired) electrons. The number of rotatable bonds is 8. The van der Waals surface area contributed by atoms with Crippen LogP contribution in [-0.2, 0) is 6.42 Å². The molecule has 6 aromatic rings. The molecule has 0 N–H and O–H groups in total. The Morgan fingerprint density at radius 3 is 1.54 bits per heavy atom. The van der Waals surface area contributed by atoms with Crippen LogP contribution in [-0.4, -0.2) is 25.1 Å². The molecule has 48 heavy (non-hydrogen) atoms. The third-order valence-electron chi connectivity index (χ3n) is 9.69. The Morgan fingerprint density at radius 1 is 0.500 bits per heavy atom. The Labute approximate surface area is 277 Å². The summed E-state index contributed by atoms with van der Waals surface area (Å²) in [4.78, 5) is 46.0. The van der Waals surface area contributed by atoms with Gasteiger partial charge in [0.25, 0.3) is 0 Å². The minimum atomic E-state index is -0.0662. The Morgan fingerprint density at radius 2 is 1.00 bits per heavy atom. The smallest absolute Gasteiger partial charge is 0.150 e. The Hall–Kier alpha value is -6.26. The maximum absolute atomic E-state index is 11.5. The molecule has 0 amide bonds. The minimum Gasteiger partial charge on any atom is -0.298 e. The Balaban J connectivity index is 1.44. The second kappa shape index (κ2) is 11.8. The predicted molar refractivity (Wildman–Crippen MR) is 191 cm³/mol. The molecule has 4 nitrogen and oxygen atoms in total. The van der Waals surface area contributed by atoms with Crippen LogP contribution in [0.2, 0.25) is 0 Å². The van der Waals surface area contributed by atoms with Gasteiger partial charge in [-0.2, -0.15) is 0 Å². The summed E-state index contributed by atoms with van der Waals surface area (Å²) < 4.78 is 0. The molecule has 0 heterocycles. The lowest BCUT2D eigenvalue weighted by Gasteiger charge is -2.33. The Bertz CT molecular complexity index is 2340. The van der Waals surface area contributed by atoms with Crippen molar-refractivity contribution >= 4 is 47.1 Å². The fraction of sp³-hybridized carbons (Fsp3) is 0.0455. The van der Waals surface area contributed by atoms with Crippen LogP contribution in [0.3, 0.4) is 0 Å². The lowest BCUT2D eigenvalue weighted by molar-refractivity contribution is 0.111. The number of aldehydes is 4. The van der Waals surface area contributed by atoms with Crippen molar-refractivity contribution in [3.63, 3.8) is 0 Å². The molecule has 0 aromatic heterocycles. The lowest BCUT2D eigenvalue weighted by Crippen LogP contribution is -2.14. The number of hydrogen-bond donors (Lipinski definition) is 0. The van der Waals surface area contributed by atoms with Crippen LogP contribution in [0.15, 0.2) is 127 Å². The van der Waals surface area contributed by atoms with E-state index in [2.05, 4.69) is 30.4 Å². The molecular weight excluding hydrogens is 592 g/mol. The zero-order valence-corrected chi connectivity index (χ0v) is 25.9. The van der Waals surface area contributed by atoms with Gasteiger partial charge in [0.1, 0.15) is 25.1 Å². The standard InChI is InChI=1S/C44H28O4/c45-23-27-1-9-31(10-2-27)39-21-40(32-11-3-28(24-46)4-12-32)36-19-20-38-42(34-15-7-30(26-48)8-16-34)22-41(33-13-5-29(25-47)6-14-33)37-18-17-35(39)43(36)44(37)38/h1-19,21-26,40H,20H2. The molecule has 0 fully saturated rings. The zero-order valence-electron chi connectivity index (χ0n) is 25.9. The molecule has 0 saturated carbocycles. The molecule has 1 atom stereocenters. The summed E-state index contributed by atoms with van der Waals surface area (Å²) in [7, 11) is 0. The molecule has 0 bridgehead atoms. The molecule has 0 saturated heterocycles. The number of carbonyl (C=O) groups is 4. The highest BCUT2D eigenvalue weighted by Gasteiger charge is 2.32. The van der Waals surface area contributed by atoms with Gasteiger partial charge in [0.05, 0.1) is 0 Å². The highest BCUT2D eigenvalue weighted by atomic mass is 16.1. The van der Waals surface area contributed by atoms with E-state index in [4.69, 9.17) is 0 Å². The molecule has 2 aliphatic rings. The monoisotopic (exact) mass is 620 g/mol. The van der Waals surface area contributed by atoms with E-state index in [1.54, 1.807) is 0 Å². The maximum Gasteiger partial charge on any atom is 0.150 e. The first kappa shape index (κ1) is 29.2. The second-order valence-corrected chi connectivity index (χ2v) is 12.3. The summed E-state index contributed by atoms with van der Waals surface area (Å²) >= 11 is 0. The van der Waals surface area contributed by atoms with Gasteiger partial charge in [0.15, 0.2) is 0 Å². The summed E-state index contributed by atoms with van der Waals surface area (Å²) in [6, 6.07) is 37.5. The van der Waals surface area contributed by atoms with Gasteiger partial charge in [-0.05, 0) is 84.5 Å². The third-order valence-corrected chi connectivity index (χ3v) is 9.69. The number of benzene rings is 6. The van der Waals surface area contributed by atoms with Crippen LogP contribution in [0.25, 0.3) is 44.2 Å². The largest absolute Gasteiger partial charge is 0.298 e. The molecule has 6 aromatic carbocycles. The van der Waals surface area contributed by atoms with E-state index in [1.165, 1.54) is 22.1 Å². The van der Waals surface area contributed by atoms with Crippen molar-refractivity contribution in [1.82, 2.24) is 0 Å². The summed E-state index contributed by atoms with van der Waals surface area (Å²) in [6.07, 6.45) is 8.79.